The van der Waals surface area contributed by atoms with Crippen molar-refractivity contribution < 1.29 is 19.7 Å². The minimum Gasteiger partial charge on any atom is -0.461 e. The molecule has 0 aromatic rings. The van der Waals surface area contributed by atoms with Crippen molar-refractivity contribution in [3.8, 4) is 0 Å². The Morgan fingerprint density at radius 1 is 1.32 bits per heavy atom. The quantitative estimate of drug-likeness (QED) is 0.507. The summed E-state index contributed by atoms with van der Waals surface area (Å²) in [5.74, 6) is -0.823. The first-order valence-corrected chi connectivity index (χ1v) is 6.84. The van der Waals surface area contributed by atoms with Crippen LogP contribution in [-0.4, -0.2) is 34.5 Å². The summed E-state index contributed by atoms with van der Waals surface area (Å²) in [6.07, 6.45) is -0.480. The van der Waals surface area contributed by atoms with E-state index >= 15 is 0 Å². The van der Waals surface area contributed by atoms with Gasteiger partial charge in [0.2, 0.25) is 0 Å². The van der Waals surface area contributed by atoms with Crippen LogP contribution in [0.4, 0.5) is 0 Å². The Labute approximate surface area is 112 Å². The highest BCUT2D eigenvalue weighted by atomic mass is 16.6. The maximum Gasteiger partial charge on any atom is 0.309 e. The molecule has 3 aliphatic rings. The number of esters is 1. The third-order valence-electron chi connectivity index (χ3n) is 5.14. The van der Waals surface area contributed by atoms with Crippen LogP contribution >= 0.6 is 0 Å². The van der Waals surface area contributed by atoms with Crippen LogP contribution in [0.5, 0.6) is 0 Å². The van der Waals surface area contributed by atoms with Crippen LogP contribution in [0.25, 0.3) is 0 Å². The zero-order chi connectivity index (χ0) is 13.9. The molecule has 0 bridgehead atoms. The number of hydrogen-bond donors (Lipinski definition) is 2. The predicted octanol–water partition coefficient (Wildman–Crippen LogP) is 1.04. The molecule has 0 aromatic carbocycles. The minimum absolute atomic E-state index is 0.0604. The first-order chi connectivity index (χ1) is 8.91. The number of ether oxygens (including phenoxy) is 1. The molecule has 0 aromatic heterocycles. The van der Waals surface area contributed by atoms with Crippen molar-refractivity contribution >= 4 is 5.97 Å². The average molecular weight is 264 g/mol. The zero-order valence-corrected chi connectivity index (χ0v) is 11.1. The highest BCUT2D eigenvalue weighted by molar-refractivity contribution is 5.75. The van der Waals surface area contributed by atoms with E-state index in [9.17, 15) is 15.0 Å². The van der Waals surface area contributed by atoms with Crippen LogP contribution in [0.15, 0.2) is 24.3 Å². The van der Waals surface area contributed by atoms with Gasteiger partial charge in [0.15, 0.2) is 0 Å². The van der Waals surface area contributed by atoms with E-state index < -0.39 is 12.2 Å². The van der Waals surface area contributed by atoms with Crippen molar-refractivity contribution in [2.75, 3.05) is 0 Å². The van der Waals surface area contributed by atoms with Crippen LogP contribution in [-0.2, 0) is 9.53 Å². The zero-order valence-electron chi connectivity index (χ0n) is 11.1. The molecule has 4 nitrogen and oxygen atoms in total. The van der Waals surface area contributed by atoms with Gasteiger partial charge in [0, 0.05) is 11.8 Å². The predicted molar refractivity (Wildman–Crippen MR) is 69.0 cm³/mol. The Bertz CT molecular complexity index is 455. The summed E-state index contributed by atoms with van der Waals surface area (Å²) < 4.78 is 5.50. The largest absolute Gasteiger partial charge is 0.461 e. The van der Waals surface area contributed by atoms with Gasteiger partial charge in [0.25, 0.3) is 0 Å². The fourth-order valence-electron chi connectivity index (χ4n) is 4.06. The Morgan fingerprint density at radius 2 is 2.00 bits per heavy atom. The standard InChI is InChI=1S/C15H20O4/c1-6-4-11(17)13-8(3)15(18)19-14(13)12-7(2)10(16)5-9(6)12/h8-14,16-17H,1-2,4-5H2,3H3/t8-,9+,10+,11-,12+,13-,14-/m1/s1. The minimum atomic E-state index is -0.602. The summed E-state index contributed by atoms with van der Waals surface area (Å²) in [6, 6.07) is 0. The first kappa shape index (κ1) is 12.9. The Balaban J connectivity index is 2.03. The number of carbonyl (C=O) groups is 1. The third kappa shape index (κ3) is 1.70. The van der Waals surface area contributed by atoms with Gasteiger partial charge in [-0.25, -0.2) is 0 Å². The molecule has 3 rings (SSSR count). The van der Waals surface area contributed by atoms with Gasteiger partial charge in [-0.15, -0.1) is 0 Å². The second-order valence-electron chi connectivity index (χ2n) is 6.16. The Hall–Kier alpha value is -1.13. The summed E-state index contributed by atoms with van der Waals surface area (Å²) in [7, 11) is 0. The van der Waals surface area contributed by atoms with E-state index in [-0.39, 0.29) is 35.7 Å². The van der Waals surface area contributed by atoms with E-state index in [4.69, 9.17) is 4.74 Å². The van der Waals surface area contributed by atoms with Crippen molar-refractivity contribution in [2.45, 2.75) is 38.1 Å². The van der Waals surface area contributed by atoms with Crippen molar-refractivity contribution in [2.24, 2.45) is 23.7 Å². The van der Waals surface area contributed by atoms with Gasteiger partial charge in [0.1, 0.15) is 6.10 Å². The topological polar surface area (TPSA) is 66.8 Å². The lowest BCUT2D eigenvalue weighted by molar-refractivity contribution is -0.145. The summed E-state index contributed by atoms with van der Waals surface area (Å²) in [4.78, 5) is 11.8. The van der Waals surface area contributed by atoms with Crippen LogP contribution in [0.3, 0.4) is 0 Å². The monoisotopic (exact) mass is 264 g/mol. The molecule has 104 valence electrons. The first-order valence-electron chi connectivity index (χ1n) is 6.84. The van der Waals surface area contributed by atoms with Gasteiger partial charge in [-0.05, 0) is 24.3 Å². The molecule has 0 amide bonds. The van der Waals surface area contributed by atoms with Crippen molar-refractivity contribution in [1.29, 1.82) is 0 Å². The average Bonchev–Trinajstić information content (AvgIpc) is 2.75. The SMILES string of the molecule is C=C1[C@@H]2[C@H]3OC(=O)[C@H](C)[C@@H]3[C@H](O)CC(=C)[C@@H]2C[C@@H]1O. The van der Waals surface area contributed by atoms with Crippen LogP contribution in [0.2, 0.25) is 0 Å². The van der Waals surface area contributed by atoms with Gasteiger partial charge in [-0.1, -0.05) is 25.7 Å². The number of rotatable bonds is 0. The summed E-state index contributed by atoms with van der Waals surface area (Å²) in [6.45, 7) is 9.82. The molecule has 2 N–H and O–H groups in total. The lowest BCUT2D eigenvalue weighted by Crippen LogP contribution is -2.35. The summed E-state index contributed by atoms with van der Waals surface area (Å²) >= 11 is 0. The molecule has 0 spiro atoms. The molecule has 0 unspecified atom stereocenters. The summed E-state index contributed by atoms with van der Waals surface area (Å²) in [5, 5.41) is 20.4. The molecule has 1 heterocycles. The van der Waals surface area contributed by atoms with Gasteiger partial charge >= 0.3 is 5.97 Å². The maximum absolute atomic E-state index is 11.8. The third-order valence-corrected chi connectivity index (χ3v) is 5.14. The second-order valence-corrected chi connectivity index (χ2v) is 6.16. The van der Waals surface area contributed by atoms with Gasteiger partial charge < -0.3 is 14.9 Å². The molecule has 1 saturated heterocycles. The van der Waals surface area contributed by atoms with E-state index in [2.05, 4.69) is 13.2 Å². The number of aliphatic hydroxyl groups excluding tert-OH is 2. The fourth-order valence-corrected chi connectivity index (χ4v) is 4.06. The van der Waals surface area contributed by atoms with Crippen molar-refractivity contribution in [1.82, 2.24) is 0 Å². The van der Waals surface area contributed by atoms with Gasteiger partial charge in [-0.3, -0.25) is 4.79 Å². The molecular formula is C15H20O4. The molecule has 7 atom stereocenters. The normalized spacial score (nSPS) is 49.6. The second kappa shape index (κ2) is 4.18. The number of aliphatic hydroxyl groups is 2. The molecule has 2 saturated carbocycles. The highest BCUT2D eigenvalue weighted by Crippen LogP contribution is 2.52. The fraction of sp³-hybridized carbons (Fsp3) is 0.667. The van der Waals surface area contributed by atoms with Gasteiger partial charge in [-0.2, -0.15) is 0 Å². The molecule has 3 fully saturated rings. The van der Waals surface area contributed by atoms with Gasteiger partial charge in [0.05, 0.1) is 18.1 Å². The van der Waals surface area contributed by atoms with E-state index in [0.29, 0.717) is 12.8 Å². The van der Waals surface area contributed by atoms with Crippen LogP contribution in [0, 0.1) is 23.7 Å². The molecular weight excluding hydrogens is 244 g/mol. The Morgan fingerprint density at radius 3 is 2.68 bits per heavy atom. The van der Waals surface area contributed by atoms with E-state index in [1.807, 2.05) is 0 Å². The molecule has 4 heteroatoms. The molecule has 1 aliphatic heterocycles. The molecule has 0 radical (unpaired) electrons. The van der Waals surface area contributed by atoms with Crippen molar-refractivity contribution in [3.63, 3.8) is 0 Å². The lowest BCUT2D eigenvalue weighted by atomic mass is 9.79. The van der Waals surface area contributed by atoms with Crippen LogP contribution in [0.1, 0.15) is 19.8 Å². The van der Waals surface area contributed by atoms with E-state index in [1.54, 1.807) is 6.92 Å². The van der Waals surface area contributed by atoms with Crippen molar-refractivity contribution in [3.05, 3.63) is 24.3 Å². The summed E-state index contributed by atoms with van der Waals surface area (Å²) in [5.41, 5.74) is 1.66. The smallest absolute Gasteiger partial charge is 0.309 e. The van der Waals surface area contributed by atoms with Crippen LogP contribution < -0.4 is 0 Å². The van der Waals surface area contributed by atoms with E-state index in [0.717, 1.165) is 11.1 Å². The Kier molecular flexibility index (Phi) is 2.84. The number of fused-ring (bicyclic) bond motifs is 3. The number of carbonyl (C=O) groups excluding carboxylic acids is 1. The van der Waals surface area contributed by atoms with E-state index in [1.165, 1.54) is 0 Å². The molecule has 19 heavy (non-hydrogen) atoms. The number of hydrogen-bond acceptors (Lipinski definition) is 4. The maximum atomic E-state index is 11.8. The highest BCUT2D eigenvalue weighted by Gasteiger charge is 2.56. The molecule has 2 aliphatic carbocycles. The lowest BCUT2D eigenvalue weighted by Gasteiger charge is -2.27.